The summed E-state index contributed by atoms with van der Waals surface area (Å²) in [5, 5.41) is 15.8. The van der Waals surface area contributed by atoms with E-state index < -0.39 is 23.5 Å². The second-order valence-electron chi connectivity index (χ2n) is 16.6. The van der Waals surface area contributed by atoms with Crippen molar-refractivity contribution in [1.82, 2.24) is 20.6 Å². The van der Waals surface area contributed by atoms with Crippen molar-refractivity contribution in [2.24, 2.45) is 17.8 Å². The van der Waals surface area contributed by atoms with Crippen molar-refractivity contribution in [2.45, 2.75) is 128 Å². The van der Waals surface area contributed by atoms with Gasteiger partial charge in [-0.1, -0.05) is 90.5 Å². The molecule has 9 nitrogen and oxygen atoms in total. The fraction of sp³-hybridized carbons (Fsp3) is 0.595. The topological polar surface area (TPSA) is 125 Å². The number of piperidine rings is 1. The third-order valence-electron chi connectivity index (χ3n) is 11.9. The number of benzene rings is 1. The molecular formula is C42H57N5O4S. The van der Waals surface area contributed by atoms with E-state index in [2.05, 4.69) is 43.2 Å². The number of aromatic nitrogens is 2. The molecule has 6 rings (SSSR count). The Hall–Kier alpha value is -3.79. The molecule has 2 saturated carbocycles. The molecule has 2 aliphatic carbocycles. The number of amides is 2. The number of hydrogen-bond acceptors (Lipinski definition) is 7. The summed E-state index contributed by atoms with van der Waals surface area (Å²) in [6.45, 7) is 10.7. The van der Waals surface area contributed by atoms with E-state index in [1.165, 1.54) is 62.7 Å². The first-order chi connectivity index (χ1) is 24.9. The smallest absolute Gasteiger partial charge is 0.329 e. The number of thiophene rings is 1. The van der Waals surface area contributed by atoms with Gasteiger partial charge in [-0.15, -0.1) is 11.3 Å². The van der Waals surface area contributed by atoms with Crippen LogP contribution in [0, 0.1) is 17.8 Å². The molecule has 3 heterocycles. The van der Waals surface area contributed by atoms with Gasteiger partial charge in [0.05, 0.1) is 23.0 Å². The van der Waals surface area contributed by atoms with E-state index in [0.717, 1.165) is 65.4 Å². The summed E-state index contributed by atoms with van der Waals surface area (Å²) in [7, 11) is 0. The molecule has 0 radical (unpaired) electrons. The van der Waals surface area contributed by atoms with E-state index in [-0.39, 0.29) is 17.7 Å². The Morgan fingerprint density at radius 3 is 2.13 bits per heavy atom. The summed E-state index contributed by atoms with van der Waals surface area (Å²) in [4.78, 5) is 52.8. The molecule has 1 saturated heterocycles. The zero-order valence-corrected chi connectivity index (χ0v) is 32.3. The van der Waals surface area contributed by atoms with Gasteiger partial charge in [0.2, 0.25) is 5.91 Å². The van der Waals surface area contributed by atoms with Crippen LogP contribution in [-0.2, 0) is 21.4 Å². The zero-order chi connectivity index (χ0) is 36.9. The van der Waals surface area contributed by atoms with E-state index in [0.29, 0.717) is 23.5 Å². The fourth-order valence-electron chi connectivity index (χ4n) is 8.64. The van der Waals surface area contributed by atoms with Gasteiger partial charge in [-0.05, 0) is 79.4 Å². The second-order valence-corrected chi connectivity index (χ2v) is 17.7. The predicted octanol–water partition coefficient (Wildman–Crippen LogP) is 8.18. The molecule has 3 aliphatic rings. The van der Waals surface area contributed by atoms with Crippen LogP contribution in [0.4, 0.5) is 5.69 Å². The molecule has 2 aromatic heterocycles. The molecular weight excluding hydrogens is 671 g/mol. The number of nitrogens with zero attached hydrogens (tertiary/aromatic N) is 3. The van der Waals surface area contributed by atoms with E-state index in [1.54, 1.807) is 6.07 Å². The molecule has 1 aliphatic heterocycles. The number of anilines is 1. The molecule has 3 N–H and O–H groups in total. The SMILES string of the molecule is CCCC1CCC(C2CCN(c3cnc(-c4ccc(C[C@H](NC(=O)c5ccc(C(C)(C)C)s5)C(=O)NC5(C(=O)O)CCCC5)cc4)nc3)CC2)CC1. The first-order valence-corrected chi connectivity index (χ1v) is 20.4. The molecule has 52 heavy (non-hydrogen) atoms. The second kappa shape index (κ2) is 16.5. The summed E-state index contributed by atoms with van der Waals surface area (Å²) in [6.07, 6.45) is 17.1. The van der Waals surface area contributed by atoms with Crippen molar-refractivity contribution in [3.8, 4) is 11.4 Å². The fourth-order valence-corrected chi connectivity index (χ4v) is 9.61. The maximum Gasteiger partial charge on any atom is 0.329 e. The highest BCUT2D eigenvalue weighted by Crippen LogP contribution is 2.40. The maximum atomic E-state index is 13.7. The monoisotopic (exact) mass is 727 g/mol. The van der Waals surface area contributed by atoms with Crippen LogP contribution < -0.4 is 15.5 Å². The first kappa shape index (κ1) is 38.0. The standard InChI is InChI=1S/C42H57N5O4S/c1-5-8-28-9-13-30(14-10-28)31-19-23-47(24-20-31)33-26-43-37(44-27-33)32-15-11-29(12-16-32)25-34(38(48)46-42(40(50)51)21-6-7-22-42)45-39(49)35-17-18-36(52-35)41(2,3)4/h11-12,15-18,26-28,30-31,34H,5-10,13-14,19-25H2,1-4H3,(H,45,49)(H,46,48)(H,50,51)/t28?,30?,34-/m0/s1. The third-order valence-corrected chi connectivity index (χ3v) is 13.4. The Labute approximate surface area is 313 Å². The van der Waals surface area contributed by atoms with E-state index in [1.807, 2.05) is 42.7 Å². The minimum absolute atomic E-state index is 0.105. The molecule has 3 aromatic rings. The third kappa shape index (κ3) is 9.04. The number of nitrogens with one attached hydrogen (secondary N) is 2. The van der Waals surface area contributed by atoms with Crippen LogP contribution in [0.15, 0.2) is 48.8 Å². The van der Waals surface area contributed by atoms with Gasteiger partial charge in [0.15, 0.2) is 5.82 Å². The summed E-state index contributed by atoms with van der Waals surface area (Å²) in [5.74, 6) is 1.46. The van der Waals surface area contributed by atoms with Gasteiger partial charge >= 0.3 is 5.97 Å². The van der Waals surface area contributed by atoms with Crippen LogP contribution in [0.2, 0.25) is 0 Å². The highest BCUT2D eigenvalue weighted by Gasteiger charge is 2.44. The van der Waals surface area contributed by atoms with Gasteiger partial charge in [0, 0.05) is 30.0 Å². The normalized spacial score (nSPS) is 21.4. The lowest BCUT2D eigenvalue weighted by Gasteiger charge is -2.39. The van der Waals surface area contributed by atoms with Crippen LogP contribution in [0.25, 0.3) is 11.4 Å². The molecule has 280 valence electrons. The summed E-state index contributed by atoms with van der Waals surface area (Å²) in [5.41, 5.74) is 1.35. The van der Waals surface area contributed by atoms with Crippen LogP contribution in [0.3, 0.4) is 0 Å². The van der Waals surface area contributed by atoms with Gasteiger partial charge in [-0.3, -0.25) is 9.59 Å². The van der Waals surface area contributed by atoms with Crippen LogP contribution >= 0.6 is 11.3 Å². The van der Waals surface area contributed by atoms with Gasteiger partial charge in [0.25, 0.3) is 5.91 Å². The van der Waals surface area contributed by atoms with E-state index in [9.17, 15) is 19.5 Å². The van der Waals surface area contributed by atoms with Crippen molar-refractivity contribution < 1.29 is 19.5 Å². The highest BCUT2D eigenvalue weighted by molar-refractivity contribution is 7.14. The lowest BCUT2D eigenvalue weighted by Crippen LogP contribution is -2.58. The molecule has 2 amide bonds. The molecule has 0 spiro atoms. The number of hydrogen-bond donors (Lipinski definition) is 3. The average Bonchev–Trinajstić information content (AvgIpc) is 3.84. The Morgan fingerprint density at radius 1 is 0.923 bits per heavy atom. The Morgan fingerprint density at radius 2 is 1.56 bits per heavy atom. The quantitative estimate of drug-likeness (QED) is 0.172. The number of carbonyl (C=O) groups excluding carboxylic acids is 2. The van der Waals surface area contributed by atoms with E-state index >= 15 is 0 Å². The molecule has 1 atom stereocenters. The first-order valence-electron chi connectivity index (χ1n) is 19.6. The summed E-state index contributed by atoms with van der Waals surface area (Å²) < 4.78 is 0. The number of carbonyl (C=O) groups is 3. The lowest BCUT2D eigenvalue weighted by molar-refractivity contribution is -0.147. The van der Waals surface area contributed by atoms with Crippen molar-refractivity contribution >= 4 is 34.8 Å². The van der Waals surface area contributed by atoms with E-state index in [4.69, 9.17) is 9.97 Å². The average molecular weight is 728 g/mol. The number of rotatable bonds is 12. The van der Waals surface area contributed by atoms with Gasteiger partial charge in [-0.25, -0.2) is 14.8 Å². The van der Waals surface area contributed by atoms with Crippen molar-refractivity contribution in [3.05, 3.63) is 64.1 Å². The number of carboxylic acid groups (broad SMARTS) is 1. The lowest BCUT2D eigenvalue weighted by atomic mass is 9.72. The Balaban J connectivity index is 1.08. The van der Waals surface area contributed by atoms with Crippen LogP contribution in [0.1, 0.15) is 125 Å². The molecule has 1 aromatic carbocycles. The molecule has 0 bridgehead atoms. The van der Waals surface area contributed by atoms with Crippen molar-refractivity contribution in [3.63, 3.8) is 0 Å². The number of aliphatic carboxylic acids is 1. The van der Waals surface area contributed by atoms with Crippen LogP contribution in [0.5, 0.6) is 0 Å². The highest BCUT2D eigenvalue weighted by atomic mass is 32.1. The largest absolute Gasteiger partial charge is 0.480 e. The van der Waals surface area contributed by atoms with Crippen molar-refractivity contribution in [1.29, 1.82) is 0 Å². The Bertz CT molecular complexity index is 1660. The number of carboxylic acids is 1. The summed E-state index contributed by atoms with van der Waals surface area (Å²) in [6, 6.07) is 10.5. The van der Waals surface area contributed by atoms with Gasteiger partial charge < -0.3 is 20.6 Å². The Kier molecular flexibility index (Phi) is 12.0. The van der Waals surface area contributed by atoms with Gasteiger partial charge in [-0.2, -0.15) is 0 Å². The molecule has 3 fully saturated rings. The summed E-state index contributed by atoms with van der Waals surface area (Å²) >= 11 is 1.41. The minimum Gasteiger partial charge on any atom is -0.480 e. The predicted molar refractivity (Wildman–Crippen MR) is 208 cm³/mol. The van der Waals surface area contributed by atoms with Gasteiger partial charge in [0.1, 0.15) is 11.6 Å². The zero-order valence-electron chi connectivity index (χ0n) is 31.5. The van der Waals surface area contributed by atoms with Crippen molar-refractivity contribution in [2.75, 3.05) is 18.0 Å². The minimum atomic E-state index is -1.31. The molecule has 10 heteroatoms. The van der Waals surface area contributed by atoms with Crippen LogP contribution in [-0.4, -0.2) is 57.5 Å². The molecule has 0 unspecified atom stereocenters. The maximum absolute atomic E-state index is 13.7.